The lowest BCUT2D eigenvalue weighted by atomic mass is 10.3. The van der Waals surface area contributed by atoms with Gasteiger partial charge in [-0.2, -0.15) is 8.78 Å². The zero-order valence-corrected chi connectivity index (χ0v) is 6.18. The van der Waals surface area contributed by atoms with Gasteiger partial charge in [0.2, 0.25) is 0 Å². The predicted octanol–water partition coefficient (Wildman–Crippen LogP) is 2.94. The van der Waals surface area contributed by atoms with Crippen LogP contribution in [0.2, 0.25) is 5.02 Å². The lowest BCUT2D eigenvalue weighted by molar-refractivity contribution is -0.0497. The highest BCUT2D eigenvalue weighted by atomic mass is 35.5. The second-order valence-corrected chi connectivity index (χ2v) is 2.22. The van der Waals surface area contributed by atoms with Crippen LogP contribution in [0.15, 0.2) is 24.3 Å². The van der Waals surface area contributed by atoms with Gasteiger partial charge in [0.1, 0.15) is 5.75 Å². The van der Waals surface area contributed by atoms with E-state index in [4.69, 9.17) is 11.6 Å². The Morgan fingerprint density at radius 3 is 2.45 bits per heavy atom. The minimum absolute atomic E-state index is 0.00386. The highest BCUT2D eigenvalue weighted by Gasteiger charge is 2.06. The first kappa shape index (κ1) is 8.27. The first-order chi connectivity index (χ1) is 5.20. The van der Waals surface area contributed by atoms with E-state index in [9.17, 15) is 8.78 Å². The molecule has 0 unspecified atom stereocenters. The zero-order valence-electron chi connectivity index (χ0n) is 5.43. The fraction of sp³-hybridized carbons (Fsp3) is 0.143. The molecule has 1 aromatic rings. The van der Waals surface area contributed by atoms with Crippen LogP contribution in [-0.2, 0) is 0 Å². The van der Waals surface area contributed by atoms with Crippen molar-refractivity contribution in [2.24, 2.45) is 0 Å². The summed E-state index contributed by atoms with van der Waals surface area (Å²) in [4.78, 5) is 0. The molecule has 1 aromatic carbocycles. The Labute approximate surface area is 67.5 Å². The standard InChI is InChI=1S/C7H5ClF2O/c8-5-3-1-2-4-6(5)11-7(9)10/h1-4,7H. The van der Waals surface area contributed by atoms with Crippen LogP contribution in [0.4, 0.5) is 8.78 Å². The summed E-state index contributed by atoms with van der Waals surface area (Å²) in [5, 5.41) is 0.188. The molecule has 0 saturated carbocycles. The second kappa shape index (κ2) is 3.53. The van der Waals surface area contributed by atoms with Gasteiger partial charge in [-0.15, -0.1) is 0 Å². The largest absolute Gasteiger partial charge is 0.433 e. The maximum absolute atomic E-state index is 11.6. The SMILES string of the molecule is FC(F)Oc1ccccc1Cl. The van der Waals surface area contributed by atoms with E-state index in [1.54, 1.807) is 12.1 Å². The summed E-state index contributed by atoms with van der Waals surface area (Å²) in [5.74, 6) is 0.00386. The molecule has 0 bridgehead atoms. The molecule has 11 heavy (non-hydrogen) atoms. The van der Waals surface area contributed by atoms with E-state index in [0.29, 0.717) is 0 Å². The van der Waals surface area contributed by atoms with Crippen LogP contribution in [-0.4, -0.2) is 6.61 Å². The molecule has 0 aliphatic heterocycles. The molecule has 0 aromatic heterocycles. The molecule has 0 heterocycles. The Hall–Kier alpha value is -0.830. The van der Waals surface area contributed by atoms with Gasteiger partial charge in [0.25, 0.3) is 0 Å². The quantitative estimate of drug-likeness (QED) is 0.677. The molecule has 1 rings (SSSR count). The van der Waals surface area contributed by atoms with E-state index in [2.05, 4.69) is 4.74 Å². The van der Waals surface area contributed by atoms with Gasteiger partial charge >= 0.3 is 6.61 Å². The highest BCUT2D eigenvalue weighted by Crippen LogP contribution is 2.24. The van der Waals surface area contributed by atoms with Gasteiger partial charge in [0.15, 0.2) is 0 Å². The fourth-order valence-electron chi connectivity index (χ4n) is 0.636. The number of rotatable bonds is 2. The van der Waals surface area contributed by atoms with Crippen molar-refractivity contribution in [3.63, 3.8) is 0 Å². The minimum atomic E-state index is -2.82. The molecular weight excluding hydrogens is 174 g/mol. The van der Waals surface area contributed by atoms with Gasteiger partial charge in [-0.05, 0) is 12.1 Å². The maximum atomic E-state index is 11.6. The summed E-state index contributed by atoms with van der Waals surface area (Å²) < 4.78 is 27.3. The van der Waals surface area contributed by atoms with Crippen molar-refractivity contribution in [1.29, 1.82) is 0 Å². The molecule has 60 valence electrons. The predicted molar refractivity (Wildman–Crippen MR) is 38.1 cm³/mol. The van der Waals surface area contributed by atoms with Crippen molar-refractivity contribution in [2.45, 2.75) is 6.61 Å². The Morgan fingerprint density at radius 1 is 1.27 bits per heavy atom. The summed E-state index contributed by atoms with van der Waals surface area (Å²) in [6.45, 7) is -2.82. The molecule has 0 N–H and O–H groups in total. The van der Waals surface area contributed by atoms with Crippen LogP contribution in [0.25, 0.3) is 0 Å². The van der Waals surface area contributed by atoms with Crippen LogP contribution in [0.5, 0.6) is 5.75 Å². The summed E-state index contributed by atoms with van der Waals surface area (Å²) >= 11 is 5.51. The molecular formula is C7H5ClF2O. The summed E-state index contributed by atoms with van der Waals surface area (Å²) in [5.41, 5.74) is 0. The van der Waals surface area contributed by atoms with E-state index in [1.165, 1.54) is 12.1 Å². The van der Waals surface area contributed by atoms with E-state index < -0.39 is 6.61 Å². The Kier molecular flexibility index (Phi) is 2.65. The molecule has 1 nitrogen and oxygen atoms in total. The number of hydrogen-bond donors (Lipinski definition) is 0. The zero-order chi connectivity index (χ0) is 8.27. The van der Waals surface area contributed by atoms with Crippen LogP contribution in [0.3, 0.4) is 0 Å². The van der Waals surface area contributed by atoms with Crippen LogP contribution >= 0.6 is 11.6 Å². The monoisotopic (exact) mass is 178 g/mol. The highest BCUT2D eigenvalue weighted by molar-refractivity contribution is 6.32. The summed E-state index contributed by atoms with van der Waals surface area (Å²) in [6, 6.07) is 6.08. The summed E-state index contributed by atoms with van der Waals surface area (Å²) in [6.07, 6.45) is 0. The number of ether oxygens (including phenoxy) is 1. The third kappa shape index (κ3) is 2.35. The maximum Gasteiger partial charge on any atom is 0.387 e. The molecule has 0 amide bonds. The molecule has 0 aliphatic carbocycles. The average Bonchev–Trinajstić information content (AvgIpc) is 1.93. The van der Waals surface area contributed by atoms with Gasteiger partial charge in [0.05, 0.1) is 5.02 Å². The van der Waals surface area contributed by atoms with Gasteiger partial charge in [-0.1, -0.05) is 23.7 Å². The van der Waals surface area contributed by atoms with Crippen molar-refractivity contribution >= 4 is 11.6 Å². The molecule has 0 aliphatic rings. The van der Waals surface area contributed by atoms with Gasteiger partial charge in [-0.3, -0.25) is 0 Å². The van der Waals surface area contributed by atoms with Crippen LogP contribution in [0, 0.1) is 0 Å². The molecule has 0 saturated heterocycles. The third-order valence-electron chi connectivity index (χ3n) is 1.05. The van der Waals surface area contributed by atoms with E-state index in [1.807, 2.05) is 0 Å². The number of para-hydroxylation sites is 1. The van der Waals surface area contributed by atoms with Crippen molar-refractivity contribution < 1.29 is 13.5 Å². The number of halogens is 3. The van der Waals surface area contributed by atoms with Crippen molar-refractivity contribution in [3.05, 3.63) is 29.3 Å². The van der Waals surface area contributed by atoms with Crippen LogP contribution in [0.1, 0.15) is 0 Å². The Morgan fingerprint density at radius 2 is 1.91 bits per heavy atom. The summed E-state index contributed by atoms with van der Waals surface area (Å²) in [7, 11) is 0. The first-order valence-corrected chi connectivity index (χ1v) is 3.27. The van der Waals surface area contributed by atoms with E-state index in [-0.39, 0.29) is 10.8 Å². The molecule has 0 atom stereocenters. The lowest BCUT2D eigenvalue weighted by Crippen LogP contribution is -2.01. The lowest BCUT2D eigenvalue weighted by Gasteiger charge is -2.04. The second-order valence-electron chi connectivity index (χ2n) is 1.81. The molecule has 0 radical (unpaired) electrons. The molecule has 0 fully saturated rings. The first-order valence-electron chi connectivity index (χ1n) is 2.89. The average molecular weight is 179 g/mol. The van der Waals surface area contributed by atoms with Gasteiger partial charge in [0, 0.05) is 0 Å². The van der Waals surface area contributed by atoms with Crippen molar-refractivity contribution in [2.75, 3.05) is 0 Å². The smallest absolute Gasteiger partial charge is 0.387 e. The normalized spacial score (nSPS) is 10.2. The molecule has 0 spiro atoms. The number of hydrogen-bond acceptors (Lipinski definition) is 1. The van der Waals surface area contributed by atoms with Crippen LogP contribution < -0.4 is 4.74 Å². The minimum Gasteiger partial charge on any atom is -0.433 e. The van der Waals surface area contributed by atoms with Crippen molar-refractivity contribution in [3.8, 4) is 5.75 Å². The van der Waals surface area contributed by atoms with Gasteiger partial charge < -0.3 is 4.74 Å². The Balaban J connectivity index is 2.78. The number of benzene rings is 1. The van der Waals surface area contributed by atoms with Crippen molar-refractivity contribution in [1.82, 2.24) is 0 Å². The van der Waals surface area contributed by atoms with Gasteiger partial charge in [-0.25, -0.2) is 0 Å². The third-order valence-corrected chi connectivity index (χ3v) is 1.36. The van der Waals surface area contributed by atoms with E-state index in [0.717, 1.165) is 0 Å². The number of alkyl halides is 2. The topological polar surface area (TPSA) is 9.23 Å². The fourth-order valence-corrected chi connectivity index (χ4v) is 0.817. The molecule has 4 heteroatoms. The Bertz CT molecular complexity index is 240. The van der Waals surface area contributed by atoms with E-state index >= 15 is 0 Å².